The fourth-order valence-electron chi connectivity index (χ4n) is 2.53. The van der Waals surface area contributed by atoms with Crippen molar-refractivity contribution in [1.82, 2.24) is 4.90 Å². The van der Waals surface area contributed by atoms with E-state index in [1.54, 1.807) is 17.0 Å². The molecule has 0 aromatic heterocycles. The monoisotopic (exact) mass is 350 g/mol. The summed E-state index contributed by atoms with van der Waals surface area (Å²) in [5.74, 6) is 1.30. The van der Waals surface area contributed by atoms with Crippen LogP contribution in [0.1, 0.15) is 42.6 Å². The molecule has 0 saturated heterocycles. The van der Waals surface area contributed by atoms with Gasteiger partial charge in [0.1, 0.15) is 5.75 Å². The quantitative estimate of drug-likeness (QED) is 0.660. The van der Waals surface area contributed by atoms with Crippen LogP contribution in [-0.2, 0) is 6.54 Å². The third-order valence-electron chi connectivity index (χ3n) is 4.06. The molecule has 0 N–H and O–H groups in total. The van der Waals surface area contributed by atoms with Gasteiger partial charge in [-0.15, -0.1) is 0 Å². The first-order chi connectivity index (χ1) is 12.6. The summed E-state index contributed by atoms with van der Waals surface area (Å²) in [4.78, 5) is 14.6. The molecule has 0 spiro atoms. The van der Waals surface area contributed by atoms with E-state index >= 15 is 0 Å². The molecule has 0 atom stereocenters. The van der Waals surface area contributed by atoms with Gasteiger partial charge in [0.05, 0.1) is 19.1 Å². The van der Waals surface area contributed by atoms with Crippen molar-refractivity contribution in [2.45, 2.75) is 33.2 Å². The third kappa shape index (κ3) is 6.25. The molecule has 2 aromatic carbocycles. The van der Waals surface area contributed by atoms with Gasteiger partial charge in [-0.2, -0.15) is 5.26 Å². The van der Waals surface area contributed by atoms with Crippen LogP contribution >= 0.6 is 0 Å². The van der Waals surface area contributed by atoms with Gasteiger partial charge in [-0.25, -0.2) is 0 Å². The molecule has 0 bridgehead atoms. The number of rotatable bonds is 9. The molecule has 136 valence electrons. The van der Waals surface area contributed by atoms with E-state index in [4.69, 9.17) is 10.00 Å². The normalized spacial score (nSPS) is 10.4. The van der Waals surface area contributed by atoms with Crippen LogP contribution in [0, 0.1) is 17.2 Å². The van der Waals surface area contributed by atoms with Crippen LogP contribution in [0.2, 0.25) is 0 Å². The van der Waals surface area contributed by atoms with E-state index in [1.165, 1.54) is 0 Å². The molecule has 2 rings (SSSR count). The number of hydrogen-bond donors (Lipinski definition) is 0. The van der Waals surface area contributed by atoms with Crippen molar-refractivity contribution in [3.63, 3.8) is 0 Å². The Balaban J connectivity index is 2.03. The summed E-state index contributed by atoms with van der Waals surface area (Å²) in [7, 11) is 0. The molecule has 0 saturated carbocycles. The molecule has 4 nitrogen and oxygen atoms in total. The second-order valence-electron chi connectivity index (χ2n) is 6.68. The van der Waals surface area contributed by atoms with Gasteiger partial charge in [0.2, 0.25) is 0 Å². The van der Waals surface area contributed by atoms with Gasteiger partial charge in [-0.3, -0.25) is 4.79 Å². The number of carbonyl (C=O) groups excluding carboxylic acids is 1. The van der Waals surface area contributed by atoms with Crippen LogP contribution < -0.4 is 4.74 Å². The van der Waals surface area contributed by atoms with Gasteiger partial charge in [-0.1, -0.05) is 44.2 Å². The summed E-state index contributed by atoms with van der Waals surface area (Å²) in [5, 5.41) is 8.89. The van der Waals surface area contributed by atoms with Crippen molar-refractivity contribution in [3.05, 3.63) is 65.7 Å². The van der Waals surface area contributed by atoms with Crippen molar-refractivity contribution >= 4 is 5.91 Å². The lowest BCUT2D eigenvalue weighted by Gasteiger charge is -2.22. The lowest BCUT2D eigenvalue weighted by molar-refractivity contribution is 0.0747. The minimum Gasteiger partial charge on any atom is -0.494 e. The summed E-state index contributed by atoms with van der Waals surface area (Å²) in [5.41, 5.74) is 1.66. The van der Waals surface area contributed by atoms with E-state index in [-0.39, 0.29) is 5.91 Å². The molecule has 0 fully saturated rings. The first-order valence-electron chi connectivity index (χ1n) is 9.03. The van der Waals surface area contributed by atoms with Gasteiger partial charge >= 0.3 is 0 Å². The summed E-state index contributed by atoms with van der Waals surface area (Å²) in [6, 6.07) is 19.2. The van der Waals surface area contributed by atoms with E-state index in [0.717, 1.165) is 17.7 Å². The number of benzene rings is 2. The number of nitrogens with zero attached hydrogens (tertiary/aromatic N) is 2. The molecule has 2 aromatic rings. The smallest absolute Gasteiger partial charge is 0.254 e. The molecule has 0 aliphatic heterocycles. The summed E-state index contributed by atoms with van der Waals surface area (Å²) >= 11 is 0. The fourth-order valence-corrected chi connectivity index (χ4v) is 2.53. The second-order valence-corrected chi connectivity index (χ2v) is 6.68. The minimum atomic E-state index is -0.0715. The Morgan fingerprint density at radius 1 is 1.12 bits per heavy atom. The van der Waals surface area contributed by atoms with Crippen LogP contribution in [0.5, 0.6) is 5.75 Å². The molecule has 0 aliphatic carbocycles. The number of hydrogen-bond acceptors (Lipinski definition) is 3. The van der Waals surface area contributed by atoms with Gasteiger partial charge in [0, 0.05) is 18.7 Å². The minimum absolute atomic E-state index is 0.0715. The van der Waals surface area contributed by atoms with Gasteiger partial charge < -0.3 is 9.64 Å². The largest absolute Gasteiger partial charge is 0.494 e. The first-order valence-corrected chi connectivity index (χ1v) is 9.03. The van der Waals surface area contributed by atoms with Crippen LogP contribution in [0.3, 0.4) is 0 Å². The highest BCUT2D eigenvalue weighted by atomic mass is 16.5. The summed E-state index contributed by atoms with van der Waals surface area (Å²) < 4.78 is 5.70. The van der Waals surface area contributed by atoms with Gasteiger partial charge in [-0.05, 0) is 42.2 Å². The molecule has 4 heteroatoms. The van der Waals surface area contributed by atoms with E-state index in [0.29, 0.717) is 37.6 Å². The summed E-state index contributed by atoms with van der Waals surface area (Å²) in [6.07, 6.45) is 1.31. The predicted octanol–water partition coefficient (Wildman–Crippen LogP) is 4.67. The maximum Gasteiger partial charge on any atom is 0.254 e. The van der Waals surface area contributed by atoms with Crippen molar-refractivity contribution in [1.29, 1.82) is 5.26 Å². The molecule has 1 amide bonds. The Bertz CT molecular complexity index is 718. The van der Waals surface area contributed by atoms with Gasteiger partial charge in [0.15, 0.2) is 0 Å². The Kier molecular flexibility index (Phi) is 7.70. The Morgan fingerprint density at radius 2 is 1.81 bits per heavy atom. The number of ether oxygens (including phenoxy) is 1. The lowest BCUT2D eigenvalue weighted by atomic mass is 10.1. The van der Waals surface area contributed by atoms with E-state index in [2.05, 4.69) is 19.9 Å². The average Bonchev–Trinajstić information content (AvgIpc) is 2.65. The van der Waals surface area contributed by atoms with Crippen molar-refractivity contribution in [2.75, 3.05) is 13.2 Å². The second kappa shape index (κ2) is 10.2. The average molecular weight is 350 g/mol. The SMILES string of the molecule is CC(C)CCOc1ccc(C(=O)N(CCC#N)Cc2ccccc2)cc1. The number of nitriles is 1. The van der Waals surface area contributed by atoms with E-state index in [1.807, 2.05) is 42.5 Å². The van der Waals surface area contributed by atoms with Crippen LogP contribution in [-0.4, -0.2) is 24.0 Å². The molecule has 0 heterocycles. The molecular formula is C22H26N2O2. The van der Waals surface area contributed by atoms with Crippen molar-refractivity contribution in [2.24, 2.45) is 5.92 Å². The number of carbonyl (C=O) groups is 1. The maximum absolute atomic E-state index is 12.8. The Hall–Kier alpha value is -2.80. The molecule has 0 radical (unpaired) electrons. The van der Waals surface area contributed by atoms with Crippen molar-refractivity contribution < 1.29 is 9.53 Å². The van der Waals surface area contributed by atoms with Crippen molar-refractivity contribution in [3.8, 4) is 11.8 Å². The highest BCUT2D eigenvalue weighted by Gasteiger charge is 2.16. The number of amides is 1. The fraction of sp³-hybridized carbons (Fsp3) is 0.364. The molecular weight excluding hydrogens is 324 g/mol. The summed E-state index contributed by atoms with van der Waals surface area (Å²) in [6.45, 7) is 5.90. The zero-order valence-corrected chi connectivity index (χ0v) is 15.5. The zero-order chi connectivity index (χ0) is 18.8. The first kappa shape index (κ1) is 19.5. The highest BCUT2D eigenvalue weighted by Crippen LogP contribution is 2.16. The predicted molar refractivity (Wildman–Crippen MR) is 103 cm³/mol. The Morgan fingerprint density at radius 3 is 2.42 bits per heavy atom. The zero-order valence-electron chi connectivity index (χ0n) is 15.5. The molecule has 26 heavy (non-hydrogen) atoms. The molecule has 0 unspecified atom stereocenters. The Labute approximate surface area is 156 Å². The third-order valence-corrected chi connectivity index (χ3v) is 4.06. The maximum atomic E-state index is 12.8. The van der Waals surface area contributed by atoms with Gasteiger partial charge in [0.25, 0.3) is 5.91 Å². The van der Waals surface area contributed by atoms with Crippen LogP contribution in [0.25, 0.3) is 0 Å². The standard InChI is InChI=1S/C22H26N2O2/c1-18(2)13-16-26-21-11-9-20(10-12-21)22(25)24(15-6-14-23)17-19-7-4-3-5-8-19/h3-5,7-12,18H,6,13,15-17H2,1-2H3. The van der Waals surface area contributed by atoms with E-state index < -0.39 is 0 Å². The van der Waals surface area contributed by atoms with E-state index in [9.17, 15) is 4.79 Å². The van der Waals surface area contributed by atoms with Crippen LogP contribution in [0.15, 0.2) is 54.6 Å². The lowest BCUT2D eigenvalue weighted by Crippen LogP contribution is -2.31. The van der Waals surface area contributed by atoms with Crippen LogP contribution in [0.4, 0.5) is 0 Å². The molecule has 0 aliphatic rings. The topological polar surface area (TPSA) is 53.3 Å². The highest BCUT2D eigenvalue weighted by molar-refractivity contribution is 5.94.